The highest BCUT2D eigenvalue weighted by Crippen LogP contribution is 2.16. The van der Waals surface area contributed by atoms with Gasteiger partial charge in [0.25, 0.3) is 5.91 Å². The number of carbonyl (C=O) groups is 3. The summed E-state index contributed by atoms with van der Waals surface area (Å²) in [4.78, 5) is 35.4. The maximum absolute atomic E-state index is 12.2. The summed E-state index contributed by atoms with van der Waals surface area (Å²) in [6, 6.07) is 16.5. The maximum Gasteiger partial charge on any atom is 0.340 e. The summed E-state index contributed by atoms with van der Waals surface area (Å²) in [5, 5.41) is 5.38. The van der Waals surface area contributed by atoms with Crippen LogP contribution in [0.1, 0.15) is 36.2 Å². The minimum atomic E-state index is -0.661. The largest absolute Gasteiger partial charge is 0.452 e. The Bertz CT molecular complexity index is 790. The van der Waals surface area contributed by atoms with Gasteiger partial charge in [-0.05, 0) is 37.5 Å². The van der Waals surface area contributed by atoms with Crippen molar-refractivity contribution in [2.45, 2.75) is 32.7 Å². The molecule has 2 rings (SSSR count). The normalized spacial score (nSPS) is 11.3. The monoisotopic (exact) mass is 368 g/mol. The van der Waals surface area contributed by atoms with Crippen LogP contribution in [0.5, 0.6) is 0 Å². The smallest absolute Gasteiger partial charge is 0.340 e. The summed E-state index contributed by atoms with van der Waals surface area (Å²) in [6.07, 6.45) is 1.64. The molecule has 1 atom stereocenters. The van der Waals surface area contributed by atoms with Crippen molar-refractivity contribution in [3.05, 3.63) is 65.7 Å². The Morgan fingerprint density at radius 1 is 1.00 bits per heavy atom. The lowest BCUT2D eigenvalue weighted by Gasteiger charge is -2.14. The van der Waals surface area contributed by atoms with E-state index in [2.05, 4.69) is 10.6 Å². The first-order valence-electron chi connectivity index (χ1n) is 8.82. The summed E-state index contributed by atoms with van der Waals surface area (Å²) in [5.41, 5.74) is 1.77. The van der Waals surface area contributed by atoms with Crippen molar-refractivity contribution in [1.82, 2.24) is 5.32 Å². The number of nitrogens with one attached hydrogen (secondary N) is 2. The van der Waals surface area contributed by atoms with Crippen LogP contribution in [-0.2, 0) is 20.7 Å². The van der Waals surface area contributed by atoms with Crippen LogP contribution in [0.15, 0.2) is 54.6 Å². The third-order valence-electron chi connectivity index (χ3n) is 3.91. The van der Waals surface area contributed by atoms with E-state index >= 15 is 0 Å². The zero-order valence-corrected chi connectivity index (χ0v) is 15.5. The molecule has 0 aliphatic rings. The van der Waals surface area contributed by atoms with Crippen LogP contribution in [0.4, 0.5) is 5.69 Å². The van der Waals surface area contributed by atoms with Gasteiger partial charge in [0, 0.05) is 13.0 Å². The molecule has 2 aromatic carbocycles. The number of hydrogen-bond acceptors (Lipinski definition) is 4. The van der Waals surface area contributed by atoms with Crippen LogP contribution >= 0.6 is 0 Å². The van der Waals surface area contributed by atoms with Crippen LogP contribution in [0.3, 0.4) is 0 Å². The molecule has 0 aromatic heterocycles. The van der Waals surface area contributed by atoms with Gasteiger partial charge in [0.1, 0.15) is 0 Å². The Balaban J connectivity index is 1.79. The lowest BCUT2D eigenvalue weighted by Crippen LogP contribution is -2.36. The molecule has 0 heterocycles. The molecular weight excluding hydrogens is 344 g/mol. The Morgan fingerprint density at radius 3 is 2.37 bits per heavy atom. The number of hydrogen-bond donors (Lipinski definition) is 2. The quantitative estimate of drug-likeness (QED) is 0.702. The van der Waals surface area contributed by atoms with Gasteiger partial charge < -0.3 is 15.4 Å². The molecule has 0 radical (unpaired) electrons. The number of para-hydroxylation sites is 1. The number of aryl methyl sites for hydroxylation is 1. The number of anilines is 1. The molecule has 0 aliphatic carbocycles. The molecule has 6 nitrogen and oxygen atoms in total. The molecule has 6 heteroatoms. The van der Waals surface area contributed by atoms with Gasteiger partial charge in [-0.3, -0.25) is 9.59 Å². The van der Waals surface area contributed by atoms with E-state index in [0.29, 0.717) is 5.69 Å². The molecule has 2 aromatic rings. The topological polar surface area (TPSA) is 84.5 Å². The SMILES string of the molecule is CC(=O)Nc1ccccc1C(=O)OCC(=O)NC(C)CCc1ccccc1. The van der Waals surface area contributed by atoms with Crippen molar-refractivity contribution in [3.8, 4) is 0 Å². The molecule has 0 saturated heterocycles. The molecule has 27 heavy (non-hydrogen) atoms. The van der Waals surface area contributed by atoms with E-state index in [9.17, 15) is 14.4 Å². The predicted molar refractivity (Wildman–Crippen MR) is 103 cm³/mol. The van der Waals surface area contributed by atoms with Crippen LogP contribution in [0.25, 0.3) is 0 Å². The van der Waals surface area contributed by atoms with Crippen LogP contribution in [0, 0.1) is 0 Å². The molecule has 2 amide bonds. The fraction of sp³-hybridized carbons (Fsp3) is 0.286. The van der Waals surface area contributed by atoms with Crippen molar-refractivity contribution in [1.29, 1.82) is 0 Å². The van der Waals surface area contributed by atoms with Crippen molar-refractivity contribution in [2.75, 3.05) is 11.9 Å². The predicted octanol–water partition coefficient (Wildman–Crippen LogP) is 2.94. The molecule has 0 bridgehead atoms. The van der Waals surface area contributed by atoms with E-state index in [1.54, 1.807) is 18.2 Å². The fourth-order valence-electron chi connectivity index (χ4n) is 2.59. The van der Waals surface area contributed by atoms with Gasteiger partial charge in [0.15, 0.2) is 6.61 Å². The Labute approximate surface area is 158 Å². The van der Waals surface area contributed by atoms with Gasteiger partial charge >= 0.3 is 5.97 Å². The number of rotatable bonds is 8. The van der Waals surface area contributed by atoms with Gasteiger partial charge in [-0.1, -0.05) is 42.5 Å². The Morgan fingerprint density at radius 2 is 1.67 bits per heavy atom. The van der Waals surface area contributed by atoms with Gasteiger partial charge in [0.2, 0.25) is 5.91 Å². The van der Waals surface area contributed by atoms with Gasteiger partial charge in [-0.2, -0.15) is 0 Å². The lowest BCUT2D eigenvalue weighted by molar-refractivity contribution is -0.124. The first kappa shape index (κ1) is 20.2. The van der Waals surface area contributed by atoms with E-state index in [0.717, 1.165) is 12.8 Å². The summed E-state index contributed by atoms with van der Waals surface area (Å²) in [7, 11) is 0. The van der Waals surface area contributed by atoms with E-state index < -0.39 is 5.97 Å². The van der Waals surface area contributed by atoms with Gasteiger partial charge in [-0.15, -0.1) is 0 Å². The molecule has 0 saturated carbocycles. The number of esters is 1. The number of carbonyl (C=O) groups excluding carboxylic acids is 3. The van der Waals surface area contributed by atoms with Crippen LogP contribution < -0.4 is 10.6 Å². The van der Waals surface area contributed by atoms with Gasteiger partial charge in [0.05, 0.1) is 11.3 Å². The van der Waals surface area contributed by atoms with E-state index in [-0.39, 0.29) is 30.0 Å². The molecule has 1 unspecified atom stereocenters. The fourth-order valence-corrected chi connectivity index (χ4v) is 2.59. The zero-order chi connectivity index (χ0) is 19.6. The maximum atomic E-state index is 12.2. The summed E-state index contributed by atoms with van der Waals surface area (Å²) in [5.74, 6) is -1.31. The second-order valence-corrected chi connectivity index (χ2v) is 6.30. The first-order valence-corrected chi connectivity index (χ1v) is 8.82. The molecule has 0 spiro atoms. The van der Waals surface area contributed by atoms with Crippen LogP contribution in [0.2, 0.25) is 0 Å². The number of benzene rings is 2. The number of amides is 2. The summed E-state index contributed by atoms with van der Waals surface area (Å²) >= 11 is 0. The van der Waals surface area contributed by atoms with Crippen LogP contribution in [-0.4, -0.2) is 30.4 Å². The van der Waals surface area contributed by atoms with Crippen molar-refractivity contribution in [2.24, 2.45) is 0 Å². The average molecular weight is 368 g/mol. The molecule has 0 aliphatic heterocycles. The average Bonchev–Trinajstić information content (AvgIpc) is 2.65. The molecule has 142 valence electrons. The molecule has 0 fully saturated rings. The zero-order valence-electron chi connectivity index (χ0n) is 15.5. The van der Waals surface area contributed by atoms with Gasteiger partial charge in [-0.25, -0.2) is 4.79 Å². The minimum Gasteiger partial charge on any atom is -0.452 e. The third-order valence-corrected chi connectivity index (χ3v) is 3.91. The molecular formula is C21H24N2O4. The van der Waals surface area contributed by atoms with Crippen molar-refractivity contribution >= 4 is 23.5 Å². The van der Waals surface area contributed by atoms with E-state index in [1.165, 1.54) is 18.6 Å². The number of ether oxygens (including phenoxy) is 1. The second kappa shape index (κ2) is 10.1. The lowest BCUT2D eigenvalue weighted by atomic mass is 10.1. The highest BCUT2D eigenvalue weighted by atomic mass is 16.5. The summed E-state index contributed by atoms with van der Waals surface area (Å²) in [6.45, 7) is 2.89. The highest BCUT2D eigenvalue weighted by Gasteiger charge is 2.15. The van der Waals surface area contributed by atoms with E-state index in [1.807, 2.05) is 37.3 Å². The Kier molecular flexibility index (Phi) is 7.55. The highest BCUT2D eigenvalue weighted by molar-refractivity contribution is 6.01. The van der Waals surface area contributed by atoms with Crippen molar-refractivity contribution < 1.29 is 19.1 Å². The minimum absolute atomic E-state index is 0.0388. The molecule has 2 N–H and O–H groups in total. The second-order valence-electron chi connectivity index (χ2n) is 6.30. The first-order chi connectivity index (χ1) is 13.0. The standard InChI is InChI=1S/C21H24N2O4/c1-15(12-13-17-8-4-3-5-9-17)22-20(25)14-27-21(26)18-10-6-7-11-19(18)23-16(2)24/h3-11,15H,12-14H2,1-2H3,(H,22,25)(H,23,24). The van der Waals surface area contributed by atoms with E-state index in [4.69, 9.17) is 4.74 Å². The Hall–Kier alpha value is -3.15. The third kappa shape index (κ3) is 6.93. The van der Waals surface area contributed by atoms with Crippen molar-refractivity contribution in [3.63, 3.8) is 0 Å². The summed E-state index contributed by atoms with van der Waals surface area (Å²) < 4.78 is 5.07.